The van der Waals surface area contributed by atoms with Crippen LogP contribution in [-0.2, 0) is 4.74 Å². The van der Waals surface area contributed by atoms with Crippen molar-refractivity contribution in [2.24, 2.45) is 0 Å². The lowest BCUT2D eigenvalue weighted by atomic mass is 10.0. The second kappa shape index (κ2) is 15.0. The van der Waals surface area contributed by atoms with Gasteiger partial charge in [-0.05, 0) is 106 Å². The van der Waals surface area contributed by atoms with Crippen molar-refractivity contribution in [2.45, 2.75) is 0 Å². The molecule has 0 amide bonds. The summed E-state index contributed by atoms with van der Waals surface area (Å²) in [4.78, 5) is 25.6. The highest BCUT2D eigenvalue weighted by Crippen LogP contribution is 2.49. The van der Waals surface area contributed by atoms with Gasteiger partial charge in [-0.2, -0.15) is 0 Å². The number of H-pyrrole nitrogens is 3. The highest BCUT2D eigenvalue weighted by molar-refractivity contribution is 9.18. The van der Waals surface area contributed by atoms with Gasteiger partial charge in [0.15, 0.2) is 46.5 Å². The molecule has 5 heterocycles. The molecule has 0 atom stereocenters. The molecule has 20 heteroatoms. The summed E-state index contributed by atoms with van der Waals surface area (Å²) in [7, 11) is 1.16. The Morgan fingerprint density at radius 1 is 0.475 bits per heavy atom. The molecule has 0 saturated heterocycles. The number of fused-ring (bicyclic) bond motifs is 9. The van der Waals surface area contributed by atoms with Gasteiger partial charge in [-0.15, -0.1) is 0 Å². The number of benzene rings is 3. The van der Waals surface area contributed by atoms with Crippen LogP contribution in [0.5, 0.6) is 0 Å². The topological polar surface area (TPSA) is 86.6 Å². The summed E-state index contributed by atoms with van der Waals surface area (Å²) in [5.74, 6) is -23.2. The normalized spacial score (nSPS) is 12.3. The zero-order valence-corrected chi connectivity index (χ0v) is 35.0. The lowest BCUT2D eigenvalue weighted by molar-refractivity contribution is 0.0600. The van der Waals surface area contributed by atoms with E-state index in [1.807, 2.05) is 0 Å². The fourth-order valence-electron chi connectivity index (χ4n) is 6.68. The van der Waals surface area contributed by atoms with E-state index in [9.17, 15) is 31.1 Å². The molecule has 3 N–H and O–H groups in total. The number of aromatic nitrogens is 4. The van der Waals surface area contributed by atoms with E-state index in [1.54, 1.807) is 0 Å². The van der Waals surface area contributed by atoms with Crippen molar-refractivity contribution >= 4 is 112 Å². The first-order valence-electron chi connectivity index (χ1n) is 16.3. The maximum atomic E-state index is 15.8. The van der Waals surface area contributed by atoms with Crippen LogP contribution in [-0.4, -0.2) is 33.0 Å². The van der Waals surface area contributed by atoms with Crippen LogP contribution in [0, 0.1) is 58.2 Å². The third-order valence-electron chi connectivity index (χ3n) is 9.40. The molecule has 59 heavy (non-hydrogen) atoms. The molecule has 0 aliphatic carbocycles. The van der Waals surface area contributed by atoms with E-state index in [1.165, 1.54) is 48.5 Å². The summed E-state index contributed by atoms with van der Waals surface area (Å²) in [5.41, 5.74) is -4.46. The average Bonchev–Trinajstić information content (AvgIpc) is 4.03. The molecule has 8 bridgehead atoms. The van der Waals surface area contributed by atoms with Gasteiger partial charge >= 0.3 is 5.97 Å². The first kappa shape index (κ1) is 40.8. The molecule has 0 fully saturated rings. The molecule has 4 aromatic heterocycles. The summed E-state index contributed by atoms with van der Waals surface area (Å²) in [5, 5.41) is 0. The molecule has 0 spiro atoms. The van der Waals surface area contributed by atoms with Gasteiger partial charge in [0, 0.05) is 38.8 Å². The number of carbonyl (C=O) groups is 1. The van der Waals surface area contributed by atoms with Gasteiger partial charge in [-0.1, -0.05) is 12.1 Å². The van der Waals surface area contributed by atoms with E-state index < -0.39 is 86.4 Å². The Bertz CT molecular complexity index is 3120. The number of halogens is 14. The van der Waals surface area contributed by atoms with Crippen molar-refractivity contribution in [3.05, 3.63) is 133 Å². The first-order chi connectivity index (χ1) is 28.0. The number of carbonyl (C=O) groups excluding carboxylic acids is 1. The fraction of sp³-hybridized carbons (Fsp3) is 0.0256. The maximum Gasteiger partial charge on any atom is 0.337 e. The maximum absolute atomic E-state index is 15.8. The van der Waals surface area contributed by atoms with Crippen LogP contribution in [0.2, 0.25) is 0 Å². The Morgan fingerprint density at radius 3 is 1.34 bits per heavy atom. The molecule has 6 nitrogen and oxygen atoms in total. The second-order valence-electron chi connectivity index (χ2n) is 12.6. The third kappa shape index (κ3) is 6.23. The van der Waals surface area contributed by atoms with Gasteiger partial charge in [0.2, 0.25) is 11.6 Å². The van der Waals surface area contributed by atoms with Crippen molar-refractivity contribution in [1.29, 1.82) is 0 Å². The van der Waals surface area contributed by atoms with Gasteiger partial charge in [-0.25, -0.2) is 53.7 Å². The summed E-state index contributed by atoms with van der Waals surface area (Å²) in [6, 6.07) is 11.0. The number of nitrogens with zero attached hydrogens (tertiary/aromatic N) is 1. The molecule has 0 unspecified atom stereocenters. The molecule has 1 aliphatic rings. The average molecular weight is 1080 g/mol. The van der Waals surface area contributed by atoms with Gasteiger partial charge in [-0.3, -0.25) is 0 Å². The Balaban J connectivity index is 1.66. The summed E-state index contributed by atoms with van der Waals surface area (Å²) < 4.78 is 157. The van der Waals surface area contributed by atoms with E-state index in [0.29, 0.717) is 5.56 Å². The molecule has 8 rings (SSSR count). The van der Waals surface area contributed by atoms with Gasteiger partial charge in [0.25, 0.3) is 0 Å². The molecule has 0 radical (unpaired) electrons. The van der Waals surface area contributed by atoms with Crippen LogP contribution >= 0.6 is 63.7 Å². The number of hydrogen-bond donors (Lipinski definition) is 3. The van der Waals surface area contributed by atoms with E-state index in [4.69, 9.17) is 4.74 Å². The number of nitrogens with one attached hydrogen (secondary N) is 3. The number of methoxy groups -OCH3 is 1. The molecular weight excluding hydrogens is 1070 g/mol. The standard InChI is InChI=1S/C39H14Br4F10N4O2/c1-59-39(58)11-4-2-10(3-5-11)16-12-6-8-14(54-12)17(19-25(44)29(48)33(52)30(49)26(19)45)35-21(40)23(42)37(56-35)38-24(43)22(41)36(57-38)18(15-9-7-13(16)55-15)20-27(46)31(50)34(53)32(51)28(20)47/h2-9,54-56H,1H3. The smallest absolute Gasteiger partial charge is 0.337 e. The summed E-state index contributed by atoms with van der Waals surface area (Å²) in [6.07, 6.45) is 0. The Morgan fingerprint density at radius 2 is 0.864 bits per heavy atom. The number of hydrogen-bond acceptors (Lipinski definition) is 3. The van der Waals surface area contributed by atoms with Crippen LogP contribution in [0.25, 0.3) is 75.4 Å². The number of aromatic amines is 3. The largest absolute Gasteiger partial charge is 0.465 e. The highest BCUT2D eigenvalue weighted by Gasteiger charge is 2.34. The monoisotopic (exact) mass is 1080 g/mol. The van der Waals surface area contributed by atoms with Crippen LogP contribution in [0.3, 0.4) is 0 Å². The minimum atomic E-state index is -2.41. The molecular formula is C39H14Br4F10N4O2. The summed E-state index contributed by atoms with van der Waals surface area (Å²) in [6.45, 7) is 0. The highest BCUT2D eigenvalue weighted by atomic mass is 79.9. The van der Waals surface area contributed by atoms with Gasteiger partial charge in [0.05, 0.1) is 58.4 Å². The zero-order chi connectivity index (χ0) is 42.5. The molecule has 1 aliphatic heterocycles. The van der Waals surface area contributed by atoms with Crippen molar-refractivity contribution < 1.29 is 53.4 Å². The van der Waals surface area contributed by atoms with Gasteiger partial charge in [0.1, 0.15) is 5.69 Å². The molecule has 7 aromatic rings. The van der Waals surface area contributed by atoms with Crippen molar-refractivity contribution in [3.63, 3.8) is 0 Å². The predicted octanol–water partition coefficient (Wildman–Crippen LogP) is 13.8. The Kier molecular flexibility index (Phi) is 10.4. The number of ether oxygens (including phenoxy) is 1. The van der Waals surface area contributed by atoms with E-state index in [0.717, 1.165) is 7.11 Å². The van der Waals surface area contributed by atoms with Crippen molar-refractivity contribution in [1.82, 2.24) is 19.9 Å². The Hall–Kier alpha value is -4.92. The van der Waals surface area contributed by atoms with Crippen LogP contribution < -0.4 is 0 Å². The predicted molar refractivity (Wildman–Crippen MR) is 214 cm³/mol. The zero-order valence-electron chi connectivity index (χ0n) is 28.7. The quantitative estimate of drug-likeness (QED) is 0.0710. The number of esters is 1. The van der Waals surface area contributed by atoms with Crippen LogP contribution in [0.1, 0.15) is 21.7 Å². The lowest BCUT2D eigenvalue weighted by Gasteiger charge is -2.11. The lowest BCUT2D eigenvalue weighted by Crippen LogP contribution is -2.05. The third-order valence-corrected chi connectivity index (χ3v) is 13.6. The van der Waals surface area contributed by atoms with E-state index in [-0.39, 0.29) is 73.5 Å². The van der Waals surface area contributed by atoms with Crippen LogP contribution in [0.4, 0.5) is 43.9 Å². The molecule has 3 aromatic carbocycles. The molecule has 300 valence electrons. The van der Waals surface area contributed by atoms with Crippen molar-refractivity contribution in [3.8, 4) is 33.4 Å². The minimum absolute atomic E-state index is 0.0200. The van der Waals surface area contributed by atoms with E-state index >= 15 is 17.6 Å². The Labute approximate surface area is 356 Å². The second-order valence-corrected chi connectivity index (χ2v) is 15.8. The van der Waals surface area contributed by atoms with E-state index in [2.05, 4.69) is 83.7 Å². The SMILES string of the molecule is COC(=O)c1ccc(-c2c3ccc([nH]3)c(-c3c(F)c(F)c(F)c(F)c3F)c3nc(c4[nH]c(c(Br)c4Br)c(-c4c(F)c(F)c(F)c(F)c4F)c4ccc2[nH]4)C(Br)=C3Br)cc1. The fourth-order valence-corrected chi connectivity index (χ4v) is 8.61. The minimum Gasteiger partial charge on any atom is -0.465 e. The van der Waals surface area contributed by atoms with Crippen molar-refractivity contribution in [2.75, 3.05) is 7.11 Å². The number of rotatable bonds is 4. The van der Waals surface area contributed by atoms with Crippen LogP contribution in [0.15, 0.2) is 57.5 Å². The summed E-state index contributed by atoms with van der Waals surface area (Å²) >= 11 is 13.4. The molecule has 0 saturated carbocycles. The first-order valence-corrected chi connectivity index (χ1v) is 19.5. The van der Waals surface area contributed by atoms with Gasteiger partial charge < -0.3 is 19.7 Å².